The van der Waals surface area contributed by atoms with Crippen molar-refractivity contribution in [1.82, 2.24) is 24.8 Å². The van der Waals surface area contributed by atoms with Crippen molar-refractivity contribution in [2.24, 2.45) is 0 Å². The molecule has 3 aromatic rings. The summed E-state index contributed by atoms with van der Waals surface area (Å²) in [4.78, 5) is 14.8. The fourth-order valence-electron chi connectivity index (χ4n) is 3.03. The molecular weight excluding hydrogens is 369 g/mol. The van der Waals surface area contributed by atoms with Crippen molar-refractivity contribution in [3.8, 4) is 5.69 Å². The van der Waals surface area contributed by atoms with Crippen LogP contribution in [0.4, 0.5) is 19.0 Å². The molecule has 1 aliphatic heterocycles. The summed E-state index contributed by atoms with van der Waals surface area (Å²) in [6.07, 6.45) is -1.58. The number of alkyl halides is 3. The summed E-state index contributed by atoms with van der Waals surface area (Å²) in [6.45, 7) is 1.57. The Balaban J connectivity index is 1.73. The quantitative estimate of drug-likeness (QED) is 0.683. The third-order valence-corrected chi connectivity index (χ3v) is 5.06. The Morgan fingerprint density at radius 3 is 2.88 bits per heavy atom. The zero-order chi connectivity index (χ0) is 18.5. The molecule has 1 aliphatic rings. The molecule has 0 aromatic carbocycles. The van der Waals surface area contributed by atoms with Gasteiger partial charge in [0.15, 0.2) is 6.04 Å². The van der Waals surface area contributed by atoms with E-state index in [4.69, 9.17) is 0 Å². The SMILES string of the molecule is Cc1cc2n(n1)C(C(F)(F)F)CCN2C(=O)c1sccc1-n1ccnn1. The summed E-state index contributed by atoms with van der Waals surface area (Å²) in [5.74, 6) is -0.230. The van der Waals surface area contributed by atoms with Crippen molar-refractivity contribution in [1.29, 1.82) is 0 Å². The van der Waals surface area contributed by atoms with E-state index in [1.54, 1.807) is 24.6 Å². The molecule has 0 fully saturated rings. The van der Waals surface area contributed by atoms with Crippen LogP contribution in [-0.2, 0) is 0 Å². The number of hydrogen-bond donors (Lipinski definition) is 0. The number of amides is 1. The highest BCUT2D eigenvalue weighted by Gasteiger charge is 2.46. The number of aromatic nitrogens is 5. The predicted molar refractivity (Wildman–Crippen MR) is 87.6 cm³/mol. The Morgan fingerprint density at radius 2 is 2.19 bits per heavy atom. The van der Waals surface area contributed by atoms with Gasteiger partial charge in [0.2, 0.25) is 0 Å². The zero-order valence-electron chi connectivity index (χ0n) is 13.5. The molecule has 0 spiro atoms. The van der Waals surface area contributed by atoms with Gasteiger partial charge < -0.3 is 0 Å². The Bertz CT molecular complexity index is 945. The first kappa shape index (κ1) is 16.8. The maximum Gasteiger partial charge on any atom is 0.410 e. The number of nitrogens with zero attached hydrogens (tertiary/aromatic N) is 6. The Kier molecular flexibility index (Phi) is 3.83. The Morgan fingerprint density at radius 1 is 1.38 bits per heavy atom. The Labute approximate surface area is 149 Å². The molecule has 4 rings (SSSR count). The van der Waals surface area contributed by atoms with Gasteiger partial charge in [0.05, 0.1) is 23.8 Å². The smallest absolute Gasteiger partial charge is 0.292 e. The minimum atomic E-state index is -4.42. The van der Waals surface area contributed by atoms with Gasteiger partial charge in [-0.15, -0.1) is 16.4 Å². The molecule has 0 saturated carbocycles. The van der Waals surface area contributed by atoms with Gasteiger partial charge in [0.1, 0.15) is 10.7 Å². The van der Waals surface area contributed by atoms with Gasteiger partial charge in [0.25, 0.3) is 5.91 Å². The van der Waals surface area contributed by atoms with E-state index < -0.39 is 12.2 Å². The van der Waals surface area contributed by atoms with Crippen molar-refractivity contribution in [3.05, 3.63) is 40.5 Å². The fraction of sp³-hybridized carbons (Fsp3) is 0.333. The van der Waals surface area contributed by atoms with Crippen LogP contribution in [0.2, 0.25) is 0 Å². The first-order chi connectivity index (χ1) is 12.4. The number of carbonyl (C=O) groups is 1. The van der Waals surface area contributed by atoms with E-state index in [0.29, 0.717) is 16.3 Å². The number of thiophene rings is 1. The second-order valence-corrected chi connectivity index (χ2v) is 6.79. The molecule has 0 aliphatic carbocycles. The molecule has 0 bridgehead atoms. The van der Waals surface area contributed by atoms with E-state index in [1.807, 2.05) is 0 Å². The van der Waals surface area contributed by atoms with Gasteiger partial charge >= 0.3 is 6.18 Å². The van der Waals surface area contributed by atoms with Crippen LogP contribution >= 0.6 is 11.3 Å². The molecule has 11 heteroatoms. The van der Waals surface area contributed by atoms with Gasteiger partial charge in [-0.05, 0) is 24.8 Å². The number of rotatable bonds is 2. The highest BCUT2D eigenvalue weighted by atomic mass is 32.1. The van der Waals surface area contributed by atoms with Crippen LogP contribution in [-0.4, -0.2) is 43.4 Å². The van der Waals surface area contributed by atoms with Crippen LogP contribution in [0.3, 0.4) is 0 Å². The van der Waals surface area contributed by atoms with Crippen molar-refractivity contribution in [2.75, 3.05) is 11.4 Å². The van der Waals surface area contributed by atoms with Gasteiger partial charge in [-0.3, -0.25) is 9.69 Å². The number of anilines is 1. The summed E-state index contributed by atoms with van der Waals surface area (Å²) >= 11 is 1.21. The molecule has 1 unspecified atom stereocenters. The third kappa shape index (κ3) is 2.68. The molecule has 7 nitrogen and oxygen atoms in total. The maximum atomic E-state index is 13.3. The first-order valence-corrected chi connectivity index (χ1v) is 8.63. The topological polar surface area (TPSA) is 68.8 Å². The van der Waals surface area contributed by atoms with Crippen molar-refractivity contribution >= 4 is 23.1 Å². The second-order valence-electron chi connectivity index (χ2n) is 5.87. The lowest BCUT2D eigenvalue weighted by Gasteiger charge is -2.33. The third-order valence-electron chi connectivity index (χ3n) is 4.17. The normalized spacial score (nSPS) is 17.4. The minimum absolute atomic E-state index is 0.0388. The second kappa shape index (κ2) is 5.94. The lowest BCUT2D eigenvalue weighted by molar-refractivity contribution is -0.172. The molecule has 3 aromatic heterocycles. The van der Waals surface area contributed by atoms with Crippen molar-refractivity contribution in [2.45, 2.75) is 25.6 Å². The van der Waals surface area contributed by atoms with E-state index in [0.717, 1.165) is 4.68 Å². The summed E-state index contributed by atoms with van der Waals surface area (Å²) in [6, 6.07) is 1.49. The lowest BCUT2D eigenvalue weighted by atomic mass is 10.1. The standard InChI is InChI=1S/C15H13F3N6OS/c1-9-8-12-22(5-2-11(15(16,17)18)24(12)20-9)14(25)13-10(3-7-26-13)23-6-4-19-21-23/h3-4,6-8,11H,2,5H2,1H3. The van der Waals surface area contributed by atoms with E-state index in [-0.39, 0.29) is 24.7 Å². The fourth-order valence-corrected chi connectivity index (χ4v) is 3.86. The molecule has 1 amide bonds. The number of carbonyl (C=O) groups excluding carboxylic acids is 1. The maximum absolute atomic E-state index is 13.3. The molecule has 26 heavy (non-hydrogen) atoms. The first-order valence-electron chi connectivity index (χ1n) is 7.75. The van der Waals surface area contributed by atoms with Crippen molar-refractivity contribution < 1.29 is 18.0 Å². The van der Waals surface area contributed by atoms with Crippen LogP contribution in [0.25, 0.3) is 5.69 Å². The van der Waals surface area contributed by atoms with E-state index in [9.17, 15) is 18.0 Å². The monoisotopic (exact) mass is 382 g/mol. The minimum Gasteiger partial charge on any atom is -0.292 e. The largest absolute Gasteiger partial charge is 0.410 e. The van der Waals surface area contributed by atoms with E-state index in [2.05, 4.69) is 15.4 Å². The summed E-state index contributed by atoms with van der Waals surface area (Å²) in [5, 5.41) is 13.3. The van der Waals surface area contributed by atoms with E-state index in [1.165, 1.54) is 33.2 Å². The van der Waals surface area contributed by atoms with E-state index >= 15 is 0 Å². The van der Waals surface area contributed by atoms with Gasteiger partial charge in [-0.25, -0.2) is 9.36 Å². The highest BCUT2D eigenvalue weighted by molar-refractivity contribution is 7.12. The molecule has 0 radical (unpaired) electrons. The molecule has 4 heterocycles. The van der Waals surface area contributed by atoms with Crippen LogP contribution < -0.4 is 4.90 Å². The van der Waals surface area contributed by atoms with Gasteiger partial charge in [-0.1, -0.05) is 5.21 Å². The number of fused-ring (bicyclic) bond motifs is 1. The number of aryl methyl sites for hydroxylation is 1. The number of hydrogen-bond acceptors (Lipinski definition) is 5. The Hall–Kier alpha value is -2.69. The average molecular weight is 382 g/mol. The zero-order valence-corrected chi connectivity index (χ0v) is 14.3. The molecule has 0 N–H and O–H groups in total. The van der Waals surface area contributed by atoms with Crippen LogP contribution in [0.1, 0.15) is 27.8 Å². The summed E-state index contributed by atoms with van der Waals surface area (Å²) in [5.41, 5.74) is 0.967. The van der Waals surface area contributed by atoms with Crippen LogP contribution in [0.5, 0.6) is 0 Å². The molecular formula is C15H13F3N6OS. The molecule has 1 atom stereocenters. The van der Waals surface area contributed by atoms with Crippen LogP contribution in [0.15, 0.2) is 29.9 Å². The van der Waals surface area contributed by atoms with Gasteiger partial charge in [0, 0.05) is 12.6 Å². The molecule has 0 saturated heterocycles. The van der Waals surface area contributed by atoms with Gasteiger partial charge in [-0.2, -0.15) is 18.3 Å². The summed E-state index contributed by atoms with van der Waals surface area (Å²) < 4.78 is 42.3. The highest BCUT2D eigenvalue weighted by Crippen LogP contribution is 2.40. The van der Waals surface area contributed by atoms with Crippen LogP contribution in [0, 0.1) is 6.92 Å². The van der Waals surface area contributed by atoms with Crippen molar-refractivity contribution in [3.63, 3.8) is 0 Å². The number of halogens is 3. The summed E-state index contributed by atoms with van der Waals surface area (Å²) in [7, 11) is 0. The lowest BCUT2D eigenvalue weighted by Crippen LogP contribution is -2.43. The molecule has 136 valence electrons. The predicted octanol–water partition coefficient (Wildman–Crippen LogP) is 2.99. The average Bonchev–Trinajstić information content (AvgIpc) is 3.30.